The molecular weight excluding hydrogens is 180 g/mol. The van der Waals surface area contributed by atoms with Gasteiger partial charge in [0.2, 0.25) is 0 Å². The first-order valence-electron chi connectivity index (χ1n) is 4.65. The van der Waals surface area contributed by atoms with Crippen molar-refractivity contribution >= 4 is 11.8 Å². The molecule has 0 radical (unpaired) electrons. The Morgan fingerprint density at radius 2 is 2.00 bits per heavy atom. The van der Waals surface area contributed by atoms with Crippen molar-refractivity contribution in [1.29, 1.82) is 0 Å². The summed E-state index contributed by atoms with van der Waals surface area (Å²) >= 11 is 1.95. The summed E-state index contributed by atoms with van der Waals surface area (Å²) in [5, 5.41) is 0. The fraction of sp³-hybridized carbons (Fsp3) is 0.455. The maximum atomic E-state index is 5.10. The Bertz CT molecular complexity index is 264. The Balaban J connectivity index is 1.88. The van der Waals surface area contributed by atoms with Gasteiger partial charge in [-0.1, -0.05) is 0 Å². The number of benzene rings is 1. The molecule has 0 atom stereocenters. The van der Waals surface area contributed by atoms with E-state index in [0.29, 0.717) is 0 Å². The highest BCUT2D eigenvalue weighted by Gasteiger charge is 2.20. The van der Waals surface area contributed by atoms with Gasteiger partial charge in [0.25, 0.3) is 0 Å². The SMILES string of the molecule is COc1ccc(SCC2CC2)cc1. The maximum Gasteiger partial charge on any atom is 0.118 e. The summed E-state index contributed by atoms with van der Waals surface area (Å²) in [6.07, 6.45) is 2.87. The Kier molecular flexibility index (Phi) is 2.79. The zero-order valence-corrected chi connectivity index (χ0v) is 8.64. The zero-order valence-electron chi connectivity index (χ0n) is 7.82. The van der Waals surface area contributed by atoms with E-state index >= 15 is 0 Å². The van der Waals surface area contributed by atoms with Crippen LogP contribution >= 0.6 is 11.8 Å². The Morgan fingerprint density at radius 1 is 1.31 bits per heavy atom. The van der Waals surface area contributed by atoms with Gasteiger partial charge in [0, 0.05) is 10.6 Å². The van der Waals surface area contributed by atoms with Crippen molar-refractivity contribution in [3.05, 3.63) is 24.3 Å². The van der Waals surface area contributed by atoms with Crippen LogP contribution in [0.25, 0.3) is 0 Å². The summed E-state index contributed by atoms with van der Waals surface area (Å²) in [7, 11) is 1.70. The van der Waals surface area contributed by atoms with E-state index in [0.717, 1.165) is 11.7 Å². The Morgan fingerprint density at radius 3 is 2.54 bits per heavy atom. The number of thioether (sulfide) groups is 1. The third-order valence-electron chi connectivity index (χ3n) is 2.24. The second kappa shape index (κ2) is 4.05. The molecule has 0 heterocycles. The predicted molar refractivity (Wildman–Crippen MR) is 56.4 cm³/mol. The lowest BCUT2D eigenvalue weighted by Crippen LogP contribution is -1.83. The van der Waals surface area contributed by atoms with E-state index in [9.17, 15) is 0 Å². The van der Waals surface area contributed by atoms with E-state index in [2.05, 4.69) is 12.1 Å². The lowest BCUT2D eigenvalue weighted by Gasteiger charge is -2.02. The van der Waals surface area contributed by atoms with Crippen molar-refractivity contribution in [3.63, 3.8) is 0 Å². The molecule has 0 N–H and O–H groups in total. The third-order valence-corrected chi connectivity index (χ3v) is 3.49. The Labute approximate surface area is 83.5 Å². The van der Waals surface area contributed by atoms with Crippen LogP contribution in [0.15, 0.2) is 29.2 Å². The molecule has 0 unspecified atom stereocenters. The summed E-state index contributed by atoms with van der Waals surface area (Å²) in [5.74, 6) is 3.22. The van der Waals surface area contributed by atoms with Gasteiger partial charge in [-0.3, -0.25) is 0 Å². The molecule has 0 aromatic heterocycles. The molecule has 1 aliphatic rings. The monoisotopic (exact) mass is 194 g/mol. The van der Waals surface area contributed by atoms with Gasteiger partial charge in [-0.2, -0.15) is 0 Å². The highest BCUT2D eigenvalue weighted by atomic mass is 32.2. The minimum atomic E-state index is 0.941. The van der Waals surface area contributed by atoms with Gasteiger partial charge in [0.05, 0.1) is 7.11 Å². The molecule has 2 heteroatoms. The fourth-order valence-corrected chi connectivity index (χ4v) is 2.26. The topological polar surface area (TPSA) is 9.23 Å². The van der Waals surface area contributed by atoms with Crippen molar-refractivity contribution < 1.29 is 4.74 Å². The standard InChI is InChI=1S/C11H14OS/c1-12-10-4-6-11(7-5-10)13-8-9-2-3-9/h4-7,9H,2-3,8H2,1H3. The second-order valence-electron chi connectivity index (χ2n) is 3.43. The average Bonchev–Trinajstić information content (AvgIpc) is 2.99. The Hall–Kier alpha value is -0.630. The maximum absolute atomic E-state index is 5.10. The van der Waals surface area contributed by atoms with E-state index in [1.54, 1.807) is 7.11 Å². The second-order valence-corrected chi connectivity index (χ2v) is 4.52. The summed E-state index contributed by atoms with van der Waals surface area (Å²) in [4.78, 5) is 1.35. The molecule has 13 heavy (non-hydrogen) atoms. The molecule has 0 bridgehead atoms. The number of hydrogen-bond donors (Lipinski definition) is 0. The predicted octanol–water partition coefficient (Wildman–Crippen LogP) is 3.20. The largest absolute Gasteiger partial charge is 0.497 e. The number of rotatable bonds is 4. The first-order valence-corrected chi connectivity index (χ1v) is 5.64. The quantitative estimate of drug-likeness (QED) is 0.681. The van der Waals surface area contributed by atoms with Crippen LogP contribution in [-0.4, -0.2) is 12.9 Å². The molecule has 2 rings (SSSR count). The molecule has 1 saturated carbocycles. The molecule has 1 aromatic carbocycles. The highest BCUT2D eigenvalue weighted by molar-refractivity contribution is 7.99. The zero-order chi connectivity index (χ0) is 9.10. The molecular formula is C11H14OS. The van der Waals surface area contributed by atoms with Crippen molar-refractivity contribution in [2.75, 3.05) is 12.9 Å². The number of ether oxygens (including phenoxy) is 1. The van der Waals surface area contributed by atoms with Gasteiger partial charge in [-0.25, -0.2) is 0 Å². The summed E-state index contributed by atoms with van der Waals surface area (Å²) < 4.78 is 5.10. The minimum Gasteiger partial charge on any atom is -0.497 e. The van der Waals surface area contributed by atoms with Crippen LogP contribution < -0.4 is 4.74 Å². The van der Waals surface area contributed by atoms with Gasteiger partial charge in [0.15, 0.2) is 0 Å². The van der Waals surface area contributed by atoms with Crippen molar-refractivity contribution in [3.8, 4) is 5.75 Å². The van der Waals surface area contributed by atoms with Gasteiger partial charge < -0.3 is 4.74 Å². The smallest absolute Gasteiger partial charge is 0.118 e. The molecule has 0 amide bonds. The molecule has 1 nitrogen and oxygen atoms in total. The first kappa shape index (κ1) is 8.95. The van der Waals surface area contributed by atoms with Crippen LogP contribution in [0.2, 0.25) is 0 Å². The van der Waals surface area contributed by atoms with Gasteiger partial charge in [0.1, 0.15) is 5.75 Å². The van der Waals surface area contributed by atoms with Gasteiger partial charge in [-0.15, -0.1) is 11.8 Å². The van der Waals surface area contributed by atoms with Crippen LogP contribution in [0.3, 0.4) is 0 Å². The minimum absolute atomic E-state index is 0.941. The van der Waals surface area contributed by atoms with Crippen LogP contribution in [0.4, 0.5) is 0 Å². The third kappa shape index (κ3) is 2.66. The number of hydrogen-bond acceptors (Lipinski definition) is 2. The van der Waals surface area contributed by atoms with Crippen LogP contribution in [-0.2, 0) is 0 Å². The summed E-state index contributed by atoms with van der Waals surface area (Å²) in [6, 6.07) is 8.31. The molecule has 0 spiro atoms. The molecule has 70 valence electrons. The lowest BCUT2D eigenvalue weighted by molar-refractivity contribution is 0.414. The molecule has 0 aliphatic heterocycles. The summed E-state index contributed by atoms with van der Waals surface area (Å²) in [5.41, 5.74) is 0. The highest BCUT2D eigenvalue weighted by Crippen LogP contribution is 2.35. The molecule has 1 fully saturated rings. The van der Waals surface area contributed by atoms with Crippen molar-refractivity contribution in [2.45, 2.75) is 17.7 Å². The van der Waals surface area contributed by atoms with E-state index in [1.807, 2.05) is 23.9 Å². The normalized spacial score (nSPS) is 15.8. The first-order chi connectivity index (χ1) is 6.38. The van der Waals surface area contributed by atoms with Crippen molar-refractivity contribution in [1.82, 2.24) is 0 Å². The van der Waals surface area contributed by atoms with Crippen LogP contribution in [0.1, 0.15) is 12.8 Å². The average molecular weight is 194 g/mol. The molecule has 1 aromatic rings. The van der Waals surface area contributed by atoms with Gasteiger partial charge in [-0.05, 0) is 43.0 Å². The van der Waals surface area contributed by atoms with E-state index < -0.39 is 0 Å². The van der Waals surface area contributed by atoms with Gasteiger partial charge >= 0.3 is 0 Å². The van der Waals surface area contributed by atoms with Crippen LogP contribution in [0, 0.1) is 5.92 Å². The van der Waals surface area contributed by atoms with Crippen molar-refractivity contribution in [2.24, 2.45) is 5.92 Å². The molecule has 1 aliphatic carbocycles. The summed E-state index contributed by atoms with van der Waals surface area (Å²) in [6.45, 7) is 0. The van der Waals surface area contributed by atoms with E-state index in [1.165, 1.54) is 23.5 Å². The lowest BCUT2D eigenvalue weighted by atomic mass is 10.3. The van der Waals surface area contributed by atoms with Crippen LogP contribution in [0.5, 0.6) is 5.75 Å². The van der Waals surface area contributed by atoms with E-state index in [-0.39, 0.29) is 0 Å². The molecule has 0 saturated heterocycles. The van der Waals surface area contributed by atoms with E-state index in [4.69, 9.17) is 4.74 Å². The number of methoxy groups -OCH3 is 1. The fourth-order valence-electron chi connectivity index (χ4n) is 1.17.